The summed E-state index contributed by atoms with van der Waals surface area (Å²) in [4.78, 5) is 0. The van der Waals surface area contributed by atoms with E-state index < -0.39 is 12.2 Å². The predicted octanol–water partition coefficient (Wildman–Crippen LogP) is 2.56. The minimum Gasteiger partial charge on any atom is -0.508 e. The fraction of sp³-hybridized carbons (Fsp3) is 0.250. The standard InChI is InChI=1S/C8H7F3INO/c9-8(10,11)7(13)5-2-1-4(14)3-6(5)12/h1-3,7,14H,13H2/t7-/m0/s1. The number of phenols is 1. The van der Waals surface area contributed by atoms with Gasteiger partial charge in [-0.1, -0.05) is 6.07 Å². The molecule has 1 aromatic rings. The molecule has 14 heavy (non-hydrogen) atoms. The number of rotatable bonds is 1. The molecule has 1 atom stereocenters. The van der Waals surface area contributed by atoms with Gasteiger partial charge in [-0.25, -0.2) is 0 Å². The smallest absolute Gasteiger partial charge is 0.407 e. The van der Waals surface area contributed by atoms with Gasteiger partial charge in [0, 0.05) is 3.57 Å². The van der Waals surface area contributed by atoms with Crippen LogP contribution in [0, 0.1) is 3.57 Å². The highest BCUT2D eigenvalue weighted by molar-refractivity contribution is 14.1. The summed E-state index contributed by atoms with van der Waals surface area (Å²) in [5, 5.41) is 9.00. The lowest BCUT2D eigenvalue weighted by molar-refractivity contribution is -0.149. The minimum atomic E-state index is -4.46. The molecule has 6 heteroatoms. The maximum atomic E-state index is 12.2. The number of hydrogen-bond donors (Lipinski definition) is 2. The number of nitrogens with two attached hydrogens (primary N) is 1. The summed E-state index contributed by atoms with van der Waals surface area (Å²) in [6.07, 6.45) is -4.46. The lowest BCUT2D eigenvalue weighted by Crippen LogP contribution is -2.29. The molecule has 0 bridgehead atoms. The first kappa shape index (κ1) is 11.6. The van der Waals surface area contributed by atoms with Gasteiger partial charge in [-0.3, -0.25) is 0 Å². The van der Waals surface area contributed by atoms with E-state index in [2.05, 4.69) is 0 Å². The SMILES string of the molecule is N[C@@H](c1ccc(O)cc1I)C(F)(F)F. The van der Waals surface area contributed by atoms with Crippen LogP contribution in [0.15, 0.2) is 18.2 Å². The van der Waals surface area contributed by atoms with Crippen molar-refractivity contribution in [1.29, 1.82) is 0 Å². The van der Waals surface area contributed by atoms with Gasteiger partial charge in [-0.15, -0.1) is 0 Å². The van der Waals surface area contributed by atoms with Crippen LogP contribution in [-0.4, -0.2) is 11.3 Å². The summed E-state index contributed by atoms with van der Waals surface area (Å²) < 4.78 is 37.0. The molecule has 0 spiro atoms. The van der Waals surface area contributed by atoms with E-state index in [0.717, 1.165) is 0 Å². The van der Waals surface area contributed by atoms with Crippen molar-refractivity contribution in [2.45, 2.75) is 12.2 Å². The Labute approximate surface area is 92.1 Å². The molecule has 3 N–H and O–H groups in total. The number of alkyl halides is 3. The zero-order valence-corrected chi connectivity index (χ0v) is 9.00. The average Bonchev–Trinajstić information content (AvgIpc) is 2.01. The van der Waals surface area contributed by atoms with E-state index in [1.165, 1.54) is 18.2 Å². The van der Waals surface area contributed by atoms with Crippen molar-refractivity contribution in [2.24, 2.45) is 5.73 Å². The van der Waals surface area contributed by atoms with Crippen LogP contribution < -0.4 is 5.73 Å². The van der Waals surface area contributed by atoms with E-state index in [1.807, 2.05) is 0 Å². The molecule has 0 radical (unpaired) electrons. The van der Waals surface area contributed by atoms with Crippen molar-refractivity contribution in [3.63, 3.8) is 0 Å². The molecule has 78 valence electrons. The summed E-state index contributed by atoms with van der Waals surface area (Å²) in [5.74, 6) is -0.0764. The van der Waals surface area contributed by atoms with E-state index in [-0.39, 0.29) is 11.3 Å². The summed E-state index contributed by atoms with van der Waals surface area (Å²) in [5.41, 5.74) is 4.98. The molecule has 0 aliphatic heterocycles. The highest BCUT2D eigenvalue weighted by Crippen LogP contribution is 2.33. The first-order valence-electron chi connectivity index (χ1n) is 3.63. The summed E-state index contributed by atoms with van der Waals surface area (Å²) in [6, 6.07) is 1.59. The molecule has 0 fully saturated rings. The zero-order chi connectivity index (χ0) is 10.9. The second-order valence-electron chi connectivity index (χ2n) is 2.73. The molecule has 0 unspecified atom stereocenters. The zero-order valence-electron chi connectivity index (χ0n) is 6.85. The molecule has 1 aromatic carbocycles. The van der Waals surface area contributed by atoms with E-state index in [0.29, 0.717) is 3.57 Å². The van der Waals surface area contributed by atoms with Gasteiger partial charge in [0.05, 0.1) is 0 Å². The molecule has 2 nitrogen and oxygen atoms in total. The van der Waals surface area contributed by atoms with Gasteiger partial charge in [-0.05, 0) is 40.3 Å². The molecule has 0 aliphatic rings. The maximum Gasteiger partial charge on any atom is 0.407 e. The number of aromatic hydroxyl groups is 1. The van der Waals surface area contributed by atoms with Crippen LogP contribution in [0.5, 0.6) is 5.75 Å². The molecular formula is C8H7F3INO. The van der Waals surface area contributed by atoms with Crippen molar-refractivity contribution in [3.05, 3.63) is 27.3 Å². The third-order valence-corrected chi connectivity index (χ3v) is 2.61. The Morgan fingerprint density at radius 2 is 1.93 bits per heavy atom. The van der Waals surface area contributed by atoms with Crippen LogP contribution in [0.2, 0.25) is 0 Å². The molecule has 0 saturated heterocycles. The maximum absolute atomic E-state index is 12.2. The van der Waals surface area contributed by atoms with Crippen LogP contribution in [-0.2, 0) is 0 Å². The van der Waals surface area contributed by atoms with Crippen LogP contribution in [0.4, 0.5) is 13.2 Å². The van der Waals surface area contributed by atoms with Crippen molar-refractivity contribution < 1.29 is 18.3 Å². The van der Waals surface area contributed by atoms with Crippen molar-refractivity contribution in [2.75, 3.05) is 0 Å². The van der Waals surface area contributed by atoms with Crippen LogP contribution in [0.3, 0.4) is 0 Å². The topological polar surface area (TPSA) is 46.2 Å². The van der Waals surface area contributed by atoms with Crippen LogP contribution in [0.1, 0.15) is 11.6 Å². The fourth-order valence-electron chi connectivity index (χ4n) is 0.945. The van der Waals surface area contributed by atoms with Crippen molar-refractivity contribution >= 4 is 22.6 Å². The first-order valence-corrected chi connectivity index (χ1v) is 4.71. The van der Waals surface area contributed by atoms with Crippen molar-refractivity contribution in [1.82, 2.24) is 0 Å². The Morgan fingerprint density at radius 3 is 2.36 bits per heavy atom. The summed E-state index contributed by atoms with van der Waals surface area (Å²) in [6.45, 7) is 0. The van der Waals surface area contributed by atoms with Gasteiger partial charge in [0.15, 0.2) is 0 Å². The molecule has 0 aromatic heterocycles. The third-order valence-electron chi connectivity index (χ3n) is 1.67. The second-order valence-corrected chi connectivity index (χ2v) is 3.89. The number of hydrogen-bond acceptors (Lipinski definition) is 2. The number of benzene rings is 1. The Hall–Kier alpha value is -0.500. The Morgan fingerprint density at radius 1 is 1.36 bits per heavy atom. The van der Waals surface area contributed by atoms with E-state index >= 15 is 0 Å². The van der Waals surface area contributed by atoms with Crippen LogP contribution in [0.25, 0.3) is 0 Å². The number of phenolic OH excluding ortho intramolecular Hbond substituents is 1. The molecule has 0 aliphatic carbocycles. The number of halogens is 4. The predicted molar refractivity (Wildman–Crippen MR) is 53.8 cm³/mol. The monoisotopic (exact) mass is 317 g/mol. The van der Waals surface area contributed by atoms with Gasteiger partial charge in [-0.2, -0.15) is 13.2 Å². The minimum absolute atomic E-state index is 0.0316. The average molecular weight is 317 g/mol. The first-order chi connectivity index (χ1) is 6.32. The fourth-order valence-corrected chi connectivity index (χ4v) is 1.78. The summed E-state index contributed by atoms with van der Waals surface area (Å²) >= 11 is 1.70. The van der Waals surface area contributed by atoms with E-state index in [1.54, 1.807) is 22.6 Å². The van der Waals surface area contributed by atoms with Crippen molar-refractivity contribution in [3.8, 4) is 5.75 Å². The molecule has 0 amide bonds. The quantitative estimate of drug-likeness (QED) is 0.782. The van der Waals surface area contributed by atoms with E-state index in [9.17, 15) is 13.2 Å². The molecule has 0 saturated carbocycles. The van der Waals surface area contributed by atoms with Crippen LogP contribution >= 0.6 is 22.6 Å². The van der Waals surface area contributed by atoms with Gasteiger partial charge in [0.25, 0.3) is 0 Å². The van der Waals surface area contributed by atoms with Gasteiger partial charge in [0.1, 0.15) is 11.8 Å². The molecule has 0 heterocycles. The Balaban J connectivity index is 3.08. The summed E-state index contributed by atoms with van der Waals surface area (Å²) in [7, 11) is 0. The lowest BCUT2D eigenvalue weighted by Gasteiger charge is -2.17. The molecular weight excluding hydrogens is 310 g/mol. The Bertz CT molecular complexity index is 340. The lowest BCUT2D eigenvalue weighted by atomic mass is 10.1. The van der Waals surface area contributed by atoms with E-state index in [4.69, 9.17) is 10.8 Å². The second kappa shape index (κ2) is 3.93. The normalized spacial score (nSPS) is 14.1. The molecule has 1 rings (SSSR count). The highest BCUT2D eigenvalue weighted by atomic mass is 127. The third kappa shape index (κ3) is 2.50. The largest absolute Gasteiger partial charge is 0.508 e. The van der Waals surface area contributed by atoms with Gasteiger partial charge < -0.3 is 10.8 Å². The van der Waals surface area contributed by atoms with Gasteiger partial charge in [0.2, 0.25) is 0 Å². The van der Waals surface area contributed by atoms with Gasteiger partial charge >= 0.3 is 6.18 Å². The highest BCUT2D eigenvalue weighted by Gasteiger charge is 2.38. The Kier molecular flexibility index (Phi) is 3.25.